The van der Waals surface area contributed by atoms with Crippen LogP contribution in [0.15, 0.2) is 54.9 Å². The number of aryl methyl sites for hydroxylation is 1. The number of halogens is 2. The normalized spacial score (nSPS) is 13.0. The number of esters is 1. The van der Waals surface area contributed by atoms with Crippen LogP contribution in [0.3, 0.4) is 0 Å². The van der Waals surface area contributed by atoms with Gasteiger partial charge in [-0.1, -0.05) is 65.7 Å². The second-order valence-corrected chi connectivity index (χ2v) is 7.87. The average molecular weight is 462 g/mol. The van der Waals surface area contributed by atoms with Gasteiger partial charge in [0.05, 0.1) is 35.4 Å². The predicted molar refractivity (Wildman–Crippen MR) is 120 cm³/mol. The quantitative estimate of drug-likeness (QED) is 0.370. The van der Waals surface area contributed by atoms with Gasteiger partial charge in [-0.15, -0.1) is 5.10 Å². The van der Waals surface area contributed by atoms with Gasteiger partial charge in [-0.2, -0.15) is 0 Å². The molecule has 0 N–H and O–H groups in total. The standard InChI is InChI=1S/C23H25Cl2N3O3/c1-3-30-23(29)22-26-15-28(27-22)20(13-12-18-10-7-11-19(24)21(18)25)16(2)31-14-17-8-5-4-6-9-17/h4-11,15-16,20H,3,12-14H2,1-2H3. The molecule has 2 unspecified atom stereocenters. The van der Waals surface area contributed by atoms with E-state index in [2.05, 4.69) is 10.1 Å². The Hall–Kier alpha value is -2.41. The minimum atomic E-state index is -0.546. The highest BCUT2D eigenvalue weighted by atomic mass is 35.5. The van der Waals surface area contributed by atoms with Crippen LogP contribution in [-0.4, -0.2) is 33.4 Å². The van der Waals surface area contributed by atoms with Crippen molar-refractivity contribution in [2.24, 2.45) is 0 Å². The molecule has 1 heterocycles. The second-order valence-electron chi connectivity index (χ2n) is 7.09. The summed E-state index contributed by atoms with van der Waals surface area (Å²) in [5.74, 6) is -0.515. The molecule has 8 heteroatoms. The van der Waals surface area contributed by atoms with Crippen LogP contribution in [0.4, 0.5) is 0 Å². The summed E-state index contributed by atoms with van der Waals surface area (Å²) in [5.41, 5.74) is 2.02. The van der Waals surface area contributed by atoms with Crippen molar-refractivity contribution in [2.45, 2.75) is 45.4 Å². The van der Waals surface area contributed by atoms with Gasteiger partial charge >= 0.3 is 5.97 Å². The van der Waals surface area contributed by atoms with Crippen molar-refractivity contribution in [1.29, 1.82) is 0 Å². The van der Waals surface area contributed by atoms with Crippen molar-refractivity contribution < 1.29 is 14.3 Å². The zero-order valence-corrected chi connectivity index (χ0v) is 19.0. The van der Waals surface area contributed by atoms with Crippen LogP contribution in [0.1, 0.15) is 48.1 Å². The van der Waals surface area contributed by atoms with E-state index < -0.39 is 5.97 Å². The summed E-state index contributed by atoms with van der Waals surface area (Å²) in [6.07, 6.45) is 2.67. The molecule has 0 aliphatic rings. The maximum absolute atomic E-state index is 12.0. The summed E-state index contributed by atoms with van der Waals surface area (Å²) < 4.78 is 12.8. The van der Waals surface area contributed by atoms with E-state index in [0.29, 0.717) is 29.5 Å². The zero-order valence-electron chi connectivity index (χ0n) is 17.5. The first kappa shape index (κ1) is 23.3. The van der Waals surface area contributed by atoms with E-state index in [0.717, 1.165) is 11.1 Å². The lowest BCUT2D eigenvalue weighted by Crippen LogP contribution is -2.26. The molecule has 2 aromatic carbocycles. The topological polar surface area (TPSA) is 66.2 Å². The van der Waals surface area contributed by atoms with Crippen LogP contribution < -0.4 is 0 Å². The minimum absolute atomic E-state index is 0.0305. The van der Waals surface area contributed by atoms with Crippen molar-refractivity contribution in [3.63, 3.8) is 0 Å². The first-order chi connectivity index (χ1) is 15.0. The molecule has 0 spiro atoms. The van der Waals surface area contributed by atoms with E-state index in [1.165, 1.54) is 0 Å². The molecule has 31 heavy (non-hydrogen) atoms. The molecule has 6 nitrogen and oxygen atoms in total. The highest BCUT2D eigenvalue weighted by molar-refractivity contribution is 6.42. The molecule has 3 aromatic rings. The average Bonchev–Trinajstić information content (AvgIpc) is 3.26. The molecule has 0 bridgehead atoms. The molecule has 3 rings (SSSR count). The van der Waals surface area contributed by atoms with Crippen molar-refractivity contribution >= 4 is 29.2 Å². The fourth-order valence-corrected chi connectivity index (χ4v) is 3.68. The molecular weight excluding hydrogens is 437 g/mol. The summed E-state index contributed by atoms with van der Waals surface area (Å²) >= 11 is 12.5. The molecule has 0 radical (unpaired) electrons. The maximum atomic E-state index is 12.0. The lowest BCUT2D eigenvalue weighted by molar-refractivity contribution is 0.0112. The Morgan fingerprint density at radius 2 is 1.90 bits per heavy atom. The molecule has 0 aliphatic carbocycles. The van der Waals surface area contributed by atoms with Crippen molar-refractivity contribution in [3.8, 4) is 0 Å². The summed E-state index contributed by atoms with van der Waals surface area (Å²) in [6.45, 7) is 4.46. The first-order valence-corrected chi connectivity index (χ1v) is 10.9. The van der Waals surface area contributed by atoms with Crippen LogP contribution >= 0.6 is 23.2 Å². The first-order valence-electron chi connectivity index (χ1n) is 10.2. The number of hydrogen-bond donors (Lipinski definition) is 0. The molecule has 1 aromatic heterocycles. The van der Waals surface area contributed by atoms with Crippen LogP contribution in [0, 0.1) is 0 Å². The number of carbonyl (C=O) groups excluding carboxylic acids is 1. The molecule has 2 atom stereocenters. The molecule has 0 aliphatic heterocycles. The maximum Gasteiger partial charge on any atom is 0.378 e. The van der Waals surface area contributed by atoms with Crippen LogP contribution in [0.2, 0.25) is 10.0 Å². The Kier molecular flexibility index (Phi) is 8.46. The Morgan fingerprint density at radius 1 is 1.13 bits per heavy atom. The van der Waals surface area contributed by atoms with Gasteiger partial charge in [0.2, 0.25) is 0 Å². The highest BCUT2D eigenvalue weighted by Gasteiger charge is 2.24. The van der Waals surface area contributed by atoms with Gasteiger partial charge in [0, 0.05) is 0 Å². The lowest BCUT2D eigenvalue weighted by Gasteiger charge is -2.25. The van der Waals surface area contributed by atoms with Gasteiger partial charge in [0.1, 0.15) is 6.33 Å². The molecular formula is C23H25Cl2N3O3. The number of carbonyl (C=O) groups is 1. The van der Waals surface area contributed by atoms with E-state index in [4.69, 9.17) is 32.7 Å². The number of ether oxygens (including phenoxy) is 2. The third-order valence-corrected chi connectivity index (χ3v) is 5.80. The third kappa shape index (κ3) is 6.29. The second kappa shape index (κ2) is 11.3. The molecule has 0 saturated carbocycles. The van der Waals surface area contributed by atoms with E-state index in [1.807, 2.05) is 49.4 Å². The summed E-state index contributed by atoms with van der Waals surface area (Å²) in [5, 5.41) is 5.42. The van der Waals surface area contributed by atoms with Crippen molar-refractivity contribution in [3.05, 3.63) is 81.9 Å². The Morgan fingerprint density at radius 3 is 2.65 bits per heavy atom. The van der Waals surface area contributed by atoms with Gasteiger partial charge < -0.3 is 9.47 Å². The van der Waals surface area contributed by atoms with E-state index in [9.17, 15) is 4.79 Å². The fraction of sp³-hybridized carbons (Fsp3) is 0.348. The number of nitrogens with zero attached hydrogens (tertiary/aromatic N) is 3. The minimum Gasteiger partial charge on any atom is -0.460 e. The van der Waals surface area contributed by atoms with Crippen LogP contribution in [0.25, 0.3) is 0 Å². The zero-order chi connectivity index (χ0) is 22.2. The summed E-state index contributed by atoms with van der Waals surface area (Å²) in [7, 11) is 0. The molecule has 0 fully saturated rings. The third-order valence-electron chi connectivity index (χ3n) is 4.94. The van der Waals surface area contributed by atoms with E-state index in [1.54, 1.807) is 24.0 Å². The van der Waals surface area contributed by atoms with Gasteiger partial charge in [-0.25, -0.2) is 14.5 Å². The number of aromatic nitrogens is 3. The predicted octanol–water partition coefficient (Wildman–Crippen LogP) is 5.54. The Bertz CT molecular complexity index is 995. The van der Waals surface area contributed by atoms with Gasteiger partial charge in [-0.05, 0) is 43.9 Å². The van der Waals surface area contributed by atoms with Gasteiger partial charge in [0.15, 0.2) is 0 Å². The highest BCUT2D eigenvalue weighted by Crippen LogP contribution is 2.29. The number of rotatable bonds is 10. The Labute approximate surface area is 192 Å². The number of benzene rings is 2. The molecule has 0 saturated heterocycles. The van der Waals surface area contributed by atoms with E-state index >= 15 is 0 Å². The summed E-state index contributed by atoms with van der Waals surface area (Å²) in [4.78, 5) is 16.1. The van der Waals surface area contributed by atoms with Gasteiger partial charge in [-0.3, -0.25) is 0 Å². The van der Waals surface area contributed by atoms with Crippen molar-refractivity contribution in [1.82, 2.24) is 14.8 Å². The molecule has 0 amide bonds. The Balaban J connectivity index is 1.77. The monoisotopic (exact) mass is 461 g/mol. The van der Waals surface area contributed by atoms with Crippen LogP contribution in [0.5, 0.6) is 0 Å². The molecule has 164 valence electrons. The van der Waals surface area contributed by atoms with Crippen molar-refractivity contribution in [2.75, 3.05) is 6.61 Å². The van der Waals surface area contributed by atoms with E-state index in [-0.39, 0.29) is 24.6 Å². The number of hydrogen-bond acceptors (Lipinski definition) is 5. The lowest BCUT2D eigenvalue weighted by atomic mass is 10.0. The van der Waals surface area contributed by atoms with Gasteiger partial charge in [0.25, 0.3) is 5.82 Å². The van der Waals surface area contributed by atoms with Crippen LogP contribution in [-0.2, 0) is 22.5 Å². The fourth-order valence-electron chi connectivity index (χ4n) is 3.26. The largest absolute Gasteiger partial charge is 0.460 e. The SMILES string of the molecule is CCOC(=O)c1ncn(C(CCc2cccc(Cl)c2Cl)C(C)OCc2ccccc2)n1. The smallest absolute Gasteiger partial charge is 0.378 e. The summed E-state index contributed by atoms with van der Waals surface area (Å²) in [6, 6.07) is 15.4.